The molecule has 0 saturated carbocycles. The summed E-state index contributed by atoms with van der Waals surface area (Å²) in [6.07, 6.45) is 10.4. The van der Waals surface area contributed by atoms with Crippen molar-refractivity contribution in [2.24, 2.45) is 0 Å². The Labute approximate surface area is 305 Å². The molecule has 3 aliphatic heterocycles. The molecule has 0 spiro atoms. The molecular weight excluding hydrogens is 652 g/mol. The predicted octanol–water partition coefficient (Wildman–Crippen LogP) is -1.89. The zero-order chi connectivity index (χ0) is 28.0. The molecule has 0 aliphatic carbocycles. The molecule has 12 nitrogen and oxygen atoms in total. The van der Waals surface area contributed by atoms with E-state index in [9.17, 15) is 0 Å². The van der Waals surface area contributed by atoms with Gasteiger partial charge < -0.3 is 26.5 Å². The number of carbonyl (C=O) groups is 1. The molecule has 3 saturated heterocycles. The van der Waals surface area contributed by atoms with Crippen LogP contribution in [0, 0.1) is 0 Å². The second-order valence-corrected chi connectivity index (χ2v) is 9.38. The van der Waals surface area contributed by atoms with Crippen LogP contribution in [0.1, 0.15) is 52.8 Å². The summed E-state index contributed by atoms with van der Waals surface area (Å²) in [6.45, 7) is 6.26. The minimum absolute atomic E-state index is 0. The summed E-state index contributed by atoms with van der Waals surface area (Å²) < 4.78 is 4.94. The van der Waals surface area contributed by atoms with E-state index in [4.69, 9.17) is 72.8 Å². The number of hydrogen-bond acceptors (Lipinski definition) is 12. The first-order valence-electron chi connectivity index (χ1n) is 11.9. The molecule has 19 heteroatoms. The van der Waals surface area contributed by atoms with Crippen molar-refractivity contribution in [2.45, 2.75) is 51.4 Å². The minimum Gasteiger partial charge on any atom is -1.00 e. The van der Waals surface area contributed by atoms with Gasteiger partial charge in [0.2, 0.25) is 32.4 Å². The number of carbonyl (C=O) groups excluding carboxylic acids is 1. The van der Waals surface area contributed by atoms with Crippen molar-refractivity contribution in [3.63, 3.8) is 0 Å². The third-order valence-electron chi connectivity index (χ3n) is 4.84. The van der Waals surface area contributed by atoms with E-state index < -0.39 is 0 Å². The predicted molar refractivity (Wildman–Crippen MR) is 146 cm³/mol. The zero-order valence-corrected chi connectivity index (χ0v) is 30.4. The van der Waals surface area contributed by atoms with Gasteiger partial charge in [-0.3, -0.25) is 4.79 Å². The maximum atomic E-state index is 8.64. The van der Waals surface area contributed by atoms with E-state index in [0.29, 0.717) is 5.95 Å². The summed E-state index contributed by atoms with van der Waals surface area (Å²) in [7, 11) is 0. The Hall–Kier alpha value is 0.620. The third-order valence-corrected chi connectivity index (χ3v) is 5.68. The van der Waals surface area contributed by atoms with E-state index in [1.807, 2.05) is 0 Å². The Morgan fingerprint density at radius 3 is 1.35 bits per heavy atom. The van der Waals surface area contributed by atoms with Crippen molar-refractivity contribution < 1.29 is 80.2 Å². The van der Waals surface area contributed by atoms with Crippen molar-refractivity contribution >= 4 is 70.4 Å². The van der Waals surface area contributed by atoms with Crippen LogP contribution in [0.25, 0.3) is 0 Å². The molecule has 216 valence electrons. The fourth-order valence-electron chi connectivity index (χ4n) is 3.17. The van der Waals surface area contributed by atoms with E-state index in [0.717, 1.165) is 26.3 Å². The quantitative estimate of drug-likeness (QED) is 0.163. The molecule has 0 unspecified atom stereocenters. The van der Waals surface area contributed by atoms with Gasteiger partial charge in [-0.05, 0) is 116 Å². The van der Waals surface area contributed by atoms with Crippen LogP contribution in [0.3, 0.4) is 0 Å². The number of anilines is 1. The number of nitrogens with one attached hydrogen (secondary N) is 1. The normalized spacial score (nSPS) is 15.3. The molecule has 2 aromatic heterocycles. The Morgan fingerprint density at radius 1 is 0.700 bits per heavy atom. The van der Waals surface area contributed by atoms with Crippen LogP contribution in [0.15, 0.2) is 0 Å². The molecule has 0 bridgehead atoms. The summed E-state index contributed by atoms with van der Waals surface area (Å²) >= 11 is 27.3. The number of hydrogen-bond donors (Lipinski definition) is 1. The summed E-state index contributed by atoms with van der Waals surface area (Å²) in [4.78, 5) is 35.5. The fourth-order valence-corrected chi connectivity index (χ4v) is 4.13. The molecule has 2 aromatic rings. The van der Waals surface area contributed by atoms with Gasteiger partial charge in [-0.1, -0.05) is 6.42 Å². The number of rotatable bonds is 2. The smallest absolute Gasteiger partial charge is 1.00 e. The van der Waals surface area contributed by atoms with Crippen LogP contribution in [-0.4, -0.2) is 75.8 Å². The number of ether oxygens (including phenoxy) is 1. The SMILES string of the molecule is C1CCNCC1.C1CCOC1.Clc1nc(Cl)nc(Cl)n1.Clc1nc(Cl)nc(N2CCCCC2)n1.O=CO[O-].[H-].[Na+].[Na+]. The van der Waals surface area contributed by atoms with Crippen molar-refractivity contribution in [3.05, 3.63) is 26.4 Å². The van der Waals surface area contributed by atoms with Gasteiger partial charge in [0.05, 0.1) is 0 Å². The van der Waals surface area contributed by atoms with Gasteiger partial charge in [-0.25, -0.2) is 0 Å². The first-order chi connectivity index (χ1) is 18.3. The average Bonchev–Trinajstić information content (AvgIpc) is 3.50. The average molecular weight is 683 g/mol. The van der Waals surface area contributed by atoms with Crippen LogP contribution in [-0.2, 0) is 14.4 Å². The van der Waals surface area contributed by atoms with Crippen molar-refractivity contribution in [2.75, 3.05) is 44.3 Å². The van der Waals surface area contributed by atoms with Gasteiger partial charge in [-0.2, -0.15) is 29.9 Å². The van der Waals surface area contributed by atoms with Crippen molar-refractivity contribution in [1.82, 2.24) is 35.2 Å². The summed E-state index contributed by atoms with van der Waals surface area (Å²) in [5.41, 5.74) is 0. The third kappa shape index (κ3) is 23.1. The maximum Gasteiger partial charge on any atom is 1.00 e. The van der Waals surface area contributed by atoms with Crippen LogP contribution in [0.5, 0.6) is 0 Å². The summed E-state index contributed by atoms with van der Waals surface area (Å²) in [6, 6.07) is 0. The molecular formula is C21H31Cl5N8Na2O4. The Kier molecular flexibility index (Phi) is 30.3. The summed E-state index contributed by atoms with van der Waals surface area (Å²) in [5.74, 6) is 0.592. The summed E-state index contributed by atoms with van der Waals surface area (Å²) in [5, 5.41) is 12.0. The standard InChI is InChI=1S/C8H10Cl2N4.C5H11N.C4H8O.C3Cl3N3.CH2O3.2Na.H/c9-6-11-7(10)13-8(12-6)14-4-2-1-3-5-14;1-2-4-6-5-3-1;1-2-4-5-3-1;4-1-7-2(5)9-3(6)8-1;2-1-4-3;;;/h1-5H2;6H,1-5H2;1-4H2;;1,3H;;;/q;;;;;2*+1;-1/p-1. The first kappa shape index (κ1) is 42.8. The van der Waals surface area contributed by atoms with Crippen LogP contribution in [0.2, 0.25) is 26.4 Å². The molecule has 0 aromatic carbocycles. The molecule has 0 amide bonds. The molecule has 0 atom stereocenters. The van der Waals surface area contributed by atoms with Crippen LogP contribution in [0.4, 0.5) is 5.95 Å². The number of halogens is 5. The molecule has 5 rings (SSSR count). The Balaban J connectivity index is -0.000000467. The minimum atomic E-state index is -0.181. The molecule has 3 aliphatic rings. The number of aromatic nitrogens is 6. The second kappa shape index (κ2) is 28.4. The first-order valence-corrected chi connectivity index (χ1v) is 13.8. The van der Waals surface area contributed by atoms with Gasteiger partial charge in [0, 0.05) is 26.3 Å². The zero-order valence-electron chi connectivity index (χ0n) is 23.6. The number of nitrogens with zero attached hydrogens (tertiary/aromatic N) is 7. The Morgan fingerprint density at radius 2 is 1.07 bits per heavy atom. The molecule has 5 heterocycles. The van der Waals surface area contributed by atoms with E-state index in [1.54, 1.807) is 0 Å². The van der Waals surface area contributed by atoms with Gasteiger partial charge in [0.15, 0.2) is 0 Å². The van der Waals surface area contributed by atoms with Gasteiger partial charge in [0.25, 0.3) is 6.47 Å². The fraction of sp³-hybridized carbons (Fsp3) is 0.667. The molecule has 3 fully saturated rings. The van der Waals surface area contributed by atoms with Gasteiger partial charge >= 0.3 is 59.1 Å². The molecule has 0 radical (unpaired) electrons. The van der Waals surface area contributed by atoms with Gasteiger partial charge in [-0.15, -0.1) is 0 Å². The van der Waals surface area contributed by atoms with E-state index in [2.05, 4.69) is 45.0 Å². The maximum absolute atomic E-state index is 8.64. The Bertz CT molecular complexity index is 836. The van der Waals surface area contributed by atoms with Gasteiger partial charge in [0.1, 0.15) is 0 Å². The van der Waals surface area contributed by atoms with Crippen LogP contribution < -0.4 is 74.6 Å². The van der Waals surface area contributed by atoms with E-state index in [1.165, 1.54) is 64.5 Å². The van der Waals surface area contributed by atoms with E-state index >= 15 is 0 Å². The second-order valence-electron chi connectivity index (χ2n) is 7.69. The largest absolute Gasteiger partial charge is 1.00 e. The monoisotopic (exact) mass is 680 g/mol. The van der Waals surface area contributed by atoms with E-state index in [-0.39, 0.29) is 93.4 Å². The van der Waals surface area contributed by atoms with Crippen LogP contribution >= 0.6 is 58.0 Å². The van der Waals surface area contributed by atoms with Crippen molar-refractivity contribution in [1.29, 1.82) is 0 Å². The number of piperidine rings is 2. The molecule has 1 N–H and O–H groups in total. The van der Waals surface area contributed by atoms with Crippen molar-refractivity contribution in [3.8, 4) is 0 Å². The molecule has 40 heavy (non-hydrogen) atoms. The topological polar surface area (TPSA) is 151 Å².